The van der Waals surface area contributed by atoms with E-state index in [0.717, 1.165) is 90.0 Å². The van der Waals surface area contributed by atoms with Crippen LogP contribution < -0.4 is 21.5 Å². The maximum absolute atomic E-state index is 13.1. The van der Waals surface area contributed by atoms with Gasteiger partial charge in [0.05, 0.1) is 61.9 Å². The second-order valence-corrected chi connectivity index (χ2v) is 20.1. The predicted molar refractivity (Wildman–Crippen MR) is 209 cm³/mol. The number of hydrogen-bond acceptors (Lipinski definition) is 11. The summed E-state index contributed by atoms with van der Waals surface area (Å²) >= 11 is 0. The number of aliphatic hydroxyl groups is 4. The standard InChI is InChI=1S/C44H77N3O10/c1-25-22-43-14-4-5-29(43)8-10-32(27-12-15-46-39(45)20-27)44(43,23-40(51)52)38(47-25)24-56-37-19-28(18-36(55-3)41(37)53)42-31(13-16-48)34(50)21-30(57-42)9-6-26-7-11-33(49)35(17-26)54-2/h25-39,41-42,46-50,53H,4-24,45H2,1-3H3,(H,51,52)/p+1/t25-,26?,27?,28?,29+,30+,31-,32+,33?,34+,35?,36?,37?,38+,39?,41?,42+,43-,44-/m1/s1. The Morgan fingerprint density at radius 1 is 0.895 bits per heavy atom. The van der Waals surface area contributed by atoms with Crippen LogP contribution in [0.5, 0.6) is 0 Å². The highest BCUT2D eigenvalue weighted by atomic mass is 16.5. The van der Waals surface area contributed by atoms with E-state index in [-0.39, 0.29) is 66.7 Å². The molecule has 1 spiro atoms. The van der Waals surface area contributed by atoms with Gasteiger partial charge in [-0.2, -0.15) is 0 Å². The Labute approximate surface area is 340 Å². The molecule has 7 fully saturated rings. The molecule has 57 heavy (non-hydrogen) atoms. The molecule has 13 heteroatoms. The van der Waals surface area contributed by atoms with Crippen LogP contribution in [0.2, 0.25) is 0 Å². The number of carbonyl (C=O) groups excluding carboxylic acids is 1. The Hall–Kier alpha value is -0.970. The maximum Gasteiger partial charge on any atom is 0.137 e. The minimum atomic E-state index is -0.971. The Kier molecular flexibility index (Phi) is 14.7. The van der Waals surface area contributed by atoms with Crippen LogP contribution in [0.3, 0.4) is 0 Å². The van der Waals surface area contributed by atoms with Crippen molar-refractivity contribution in [3.05, 3.63) is 0 Å². The number of methoxy groups -OCH3 is 2. The number of carboxylic acids is 1. The fourth-order valence-electron chi connectivity index (χ4n) is 14.9. The molecule has 0 aromatic rings. The number of rotatable bonds is 14. The summed E-state index contributed by atoms with van der Waals surface area (Å²) in [5.74, 6) is 0.170. The van der Waals surface area contributed by atoms with Gasteiger partial charge in [-0.05, 0) is 138 Å². The molecule has 9 unspecified atom stereocenters. The van der Waals surface area contributed by atoms with Gasteiger partial charge in [-0.3, -0.25) is 5.73 Å². The van der Waals surface area contributed by atoms with E-state index >= 15 is 0 Å². The number of nitrogens with two attached hydrogens (primary N) is 3. The first kappa shape index (κ1) is 44.1. The normalized spacial score (nSPS) is 49.2. The van der Waals surface area contributed by atoms with Gasteiger partial charge in [0.25, 0.3) is 0 Å². The van der Waals surface area contributed by atoms with Gasteiger partial charge in [-0.1, -0.05) is 6.42 Å². The number of carbonyl (C=O) groups is 1. The van der Waals surface area contributed by atoms with E-state index in [2.05, 4.69) is 17.6 Å². The summed E-state index contributed by atoms with van der Waals surface area (Å²) in [6.07, 6.45) is 11.1. The molecule has 4 aliphatic carbocycles. The molecule has 0 amide bonds. The molecule has 3 aliphatic heterocycles. The molecular weight excluding hydrogens is 730 g/mol. The van der Waals surface area contributed by atoms with Gasteiger partial charge in [0, 0.05) is 51.0 Å². The molecule has 3 saturated heterocycles. The molecule has 3 heterocycles. The topological polar surface area (TPSA) is 217 Å². The predicted octanol–water partition coefficient (Wildman–Crippen LogP) is -0.0640. The number of quaternary nitrogens is 2. The molecule has 7 rings (SSSR count). The van der Waals surface area contributed by atoms with Crippen molar-refractivity contribution in [1.29, 1.82) is 0 Å². The Morgan fingerprint density at radius 2 is 1.68 bits per heavy atom. The van der Waals surface area contributed by atoms with Crippen molar-refractivity contribution in [2.45, 2.75) is 190 Å². The summed E-state index contributed by atoms with van der Waals surface area (Å²) in [4.78, 5) is 13.1. The minimum Gasteiger partial charge on any atom is -0.550 e. The van der Waals surface area contributed by atoms with Gasteiger partial charge in [0.15, 0.2) is 0 Å². The van der Waals surface area contributed by atoms with Crippen molar-refractivity contribution in [1.82, 2.24) is 0 Å². The first-order valence-electron chi connectivity index (χ1n) is 23.0. The lowest BCUT2D eigenvalue weighted by atomic mass is 9.40. The lowest BCUT2D eigenvalue weighted by Gasteiger charge is -2.66. The van der Waals surface area contributed by atoms with Crippen molar-refractivity contribution < 1.29 is 59.9 Å². The van der Waals surface area contributed by atoms with Crippen LogP contribution in [0.4, 0.5) is 0 Å². The van der Waals surface area contributed by atoms with Gasteiger partial charge in [0.2, 0.25) is 0 Å². The third-order valence-electron chi connectivity index (χ3n) is 17.3. The summed E-state index contributed by atoms with van der Waals surface area (Å²) in [5.41, 5.74) is 5.98. The zero-order valence-electron chi connectivity index (χ0n) is 35.1. The third kappa shape index (κ3) is 8.88. The Balaban J connectivity index is 1.12. The van der Waals surface area contributed by atoms with E-state index < -0.39 is 41.9 Å². The number of aliphatic carboxylic acids is 1. The zero-order valence-corrected chi connectivity index (χ0v) is 35.1. The number of ether oxygens (including phenoxy) is 4. The summed E-state index contributed by atoms with van der Waals surface area (Å²) in [6.45, 7) is 3.53. The molecule has 328 valence electrons. The van der Waals surface area contributed by atoms with Crippen molar-refractivity contribution in [3.63, 3.8) is 0 Å². The molecule has 0 radical (unpaired) electrons. The smallest absolute Gasteiger partial charge is 0.137 e. The van der Waals surface area contributed by atoms with Crippen LogP contribution in [0, 0.1) is 46.3 Å². The summed E-state index contributed by atoms with van der Waals surface area (Å²) in [7, 11) is 3.29. The van der Waals surface area contributed by atoms with Crippen LogP contribution in [0.15, 0.2) is 0 Å². The number of carboxylic acid groups (broad SMARTS) is 1. The van der Waals surface area contributed by atoms with E-state index in [1.54, 1.807) is 14.2 Å². The SMILES string of the molecule is COC1CC(CC[C@H]2C[C@H](O)[C@@H](CCO)[C@H](C3CC(OC)C(O)C(OC[C@@H]4[NH2+][C@H](C)C[C@]56CCC[C@H]5CC[C@@H](C5CC[NH2+]C(N)C5)[C@]46CC(=O)[O-])C3)O2)CCC1O. The highest BCUT2D eigenvalue weighted by Crippen LogP contribution is 2.70. The van der Waals surface area contributed by atoms with Crippen LogP contribution in [-0.4, -0.2) is 127 Å². The van der Waals surface area contributed by atoms with E-state index in [0.29, 0.717) is 56.1 Å². The fraction of sp³-hybridized carbons (Fsp3) is 0.977. The highest BCUT2D eigenvalue weighted by Gasteiger charge is 2.70. The lowest BCUT2D eigenvalue weighted by Crippen LogP contribution is -3.03. The van der Waals surface area contributed by atoms with E-state index in [1.165, 1.54) is 0 Å². The van der Waals surface area contributed by atoms with E-state index in [1.807, 2.05) is 0 Å². The largest absolute Gasteiger partial charge is 0.550 e. The van der Waals surface area contributed by atoms with Crippen molar-refractivity contribution in [2.24, 2.45) is 52.1 Å². The van der Waals surface area contributed by atoms with Crippen molar-refractivity contribution in [2.75, 3.05) is 34.0 Å². The number of aliphatic hydroxyl groups excluding tert-OH is 4. The highest BCUT2D eigenvalue weighted by molar-refractivity contribution is 5.66. The average molecular weight is 809 g/mol. The van der Waals surface area contributed by atoms with Crippen LogP contribution >= 0.6 is 0 Å². The molecule has 0 aromatic heterocycles. The molecule has 10 N–H and O–H groups in total. The first-order valence-corrected chi connectivity index (χ1v) is 23.0. The second kappa shape index (κ2) is 19.0. The van der Waals surface area contributed by atoms with Crippen molar-refractivity contribution >= 4 is 5.97 Å². The van der Waals surface area contributed by atoms with E-state index in [9.17, 15) is 30.3 Å². The number of piperidine rings is 2. The van der Waals surface area contributed by atoms with Gasteiger partial charge >= 0.3 is 0 Å². The third-order valence-corrected chi connectivity index (χ3v) is 17.3. The van der Waals surface area contributed by atoms with Crippen LogP contribution in [0.1, 0.15) is 122 Å². The fourth-order valence-corrected chi connectivity index (χ4v) is 14.9. The molecule has 19 atom stereocenters. The minimum absolute atomic E-state index is 0.0292. The van der Waals surface area contributed by atoms with Gasteiger partial charge < -0.3 is 59.9 Å². The van der Waals surface area contributed by atoms with Gasteiger partial charge in [-0.15, -0.1) is 0 Å². The van der Waals surface area contributed by atoms with Gasteiger partial charge in [0.1, 0.15) is 18.3 Å². The molecule has 0 bridgehead atoms. The monoisotopic (exact) mass is 809 g/mol. The maximum atomic E-state index is 13.1. The first-order chi connectivity index (χ1) is 27.4. The number of hydrogen-bond donors (Lipinski definition) is 7. The van der Waals surface area contributed by atoms with Crippen molar-refractivity contribution in [3.8, 4) is 0 Å². The van der Waals surface area contributed by atoms with E-state index in [4.69, 9.17) is 24.7 Å². The molecule has 0 aromatic carbocycles. The molecular formula is C44H78N3O10+. The van der Waals surface area contributed by atoms with Crippen LogP contribution in [0.25, 0.3) is 0 Å². The zero-order chi connectivity index (χ0) is 40.5. The van der Waals surface area contributed by atoms with Crippen LogP contribution in [-0.2, 0) is 23.7 Å². The Bertz CT molecular complexity index is 1310. The summed E-state index contributed by atoms with van der Waals surface area (Å²) < 4.78 is 25.4. The average Bonchev–Trinajstić information content (AvgIpc) is 3.60. The summed E-state index contributed by atoms with van der Waals surface area (Å²) in [5, 5.41) is 61.6. The summed E-state index contributed by atoms with van der Waals surface area (Å²) in [6, 6.07) is 0.205. The van der Waals surface area contributed by atoms with Gasteiger partial charge in [-0.25, -0.2) is 0 Å². The quantitative estimate of drug-likeness (QED) is 0.123. The second-order valence-electron chi connectivity index (χ2n) is 20.1. The Morgan fingerprint density at radius 3 is 2.42 bits per heavy atom. The lowest BCUT2D eigenvalue weighted by molar-refractivity contribution is -0.756. The molecule has 7 aliphatic rings. The molecule has 13 nitrogen and oxygen atoms in total. The molecule has 4 saturated carbocycles.